The number of hydrogen-bond donors (Lipinski definition) is 2. The summed E-state index contributed by atoms with van der Waals surface area (Å²) >= 11 is 0. The van der Waals surface area contributed by atoms with Crippen LogP contribution in [0.15, 0.2) is 12.3 Å². The second-order valence-electron chi connectivity index (χ2n) is 1.76. The molecule has 56 valence electrons. The zero-order chi connectivity index (χ0) is 8.10. The lowest BCUT2D eigenvalue weighted by Gasteiger charge is -1.89. The lowest BCUT2D eigenvalue weighted by Crippen LogP contribution is -1.95. The van der Waals surface area contributed by atoms with Gasteiger partial charge in [0.05, 0.1) is 0 Å². The first-order valence-corrected chi connectivity index (χ1v) is 3.01. The first-order valence-electron chi connectivity index (χ1n) is 3.01. The molecule has 0 aliphatic heterocycles. The second-order valence-corrected chi connectivity index (χ2v) is 1.76. The summed E-state index contributed by atoms with van der Waals surface area (Å²) in [5.41, 5.74) is 5.80. The van der Waals surface area contributed by atoms with Crippen molar-refractivity contribution in [3.05, 3.63) is 18.0 Å². The zero-order valence-corrected chi connectivity index (χ0v) is 5.78. The summed E-state index contributed by atoms with van der Waals surface area (Å²) in [5.74, 6) is 5.25. The Balaban J connectivity index is 2.87. The topological polar surface area (TPSA) is 72.0 Å². The van der Waals surface area contributed by atoms with Crippen LogP contribution in [0.2, 0.25) is 0 Å². The number of aliphatic hydroxyl groups is 1. The van der Waals surface area contributed by atoms with E-state index in [9.17, 15) is 0 Å². The van der Waals surface area contributed by atoms with Crippen molar-refractivity contribution in [3.8, 4) is 11.8 Å². The zero-order valence-electron chi connectivity index (χ0n) is 5.78. The predicted octanol–water partition coefficient (Wildman–Crippen LogP) is -0.597. The molecule has 0 bridgehead atoms. The van der Waals surface area contributed by atoms with E-state index in [1.807, 2.05) is 0 Å². The Hall–Kier alpha value is -1.60. The number of aromatic nitrogens is 2. The van der Waals surface area contributed by atoms with Crippen LogP contribution >= 0.6 is 0 Å². The number of anilines is 1. The summed E-state index contributed by atoms with van der Waals surface area (Å²) < 4.78 is 0. The van der Waals surface area contributed by atoms with E-state index < -0.39 is 0 Å². The average Bonchev–Trinajstić information content (AvgIpc) is 2.01. The van der Waals surface area contributed by atoms with Gasteiger partial charge in [0.1, 0.15) is 12.3 Å². The Labute approximate surface area is 64.1 Å². The Morgan fingerprint density at radius 2 is 2.45 bits per heavy atom. The average molecular weight is 149 g/mol. The van der Waals surface area contributed by atoms with Crippen LogP contribution in [0.4, 0.5) is 5.95 Å². The molecule has 0 saturated heterocycles. The maximum Gasteiger partial charge on any atom is 0.221 e. The number of rotatable bonds is 0. The molecule has 0 amide bonds. The Morgan fingerprint density at radius 3 is 3.09 bits per heavy atom. The maximum atomic E-state index is 8.35. The van der Waals surface area contributed by atoms with Crippen molar-refractivity contribution in [3.63, 3.8) is 0 Å². The summed E-state index contributed by atoms with van der Waals surface area (Å²) in [4.78, 5) is 7.48. The molecule has 4 nitrogen and oxygen atoms in total. The number of hydrogen-bond acceptors (Lipinski definition) is 4. The van der Waals surface area contributed by atoms with Gasteiger partial charge in [0.2, 0.25) is 5.95 Å². The molecule has 11 heavy (non-hydrogen) atoms. The van der Waals surface area contributed by atoms with Gasteiger partial charge < -0.3 is 10.8 Å². The van der Waals surface area contributed by atoms with Crippen molar-refractivity contribution in [2.75, 3.05) is 12.3 Å². The molecule has 0 unspecified atom stereocenters. The fourth-order valence-corrected chi connectivity index (χ4v) is 0.573. The molecule has 1 heterocycles. The van der Waals surface area contributed by atoms with Gasteiger partial charge in [-0.2, -0.15) is 0 Å². The van der Waals surface area contributed by atoms with Gasteiger partial charge in [0, 0.05) is 6.20 Å². The van der Waals surface area contributed by atoms with E-state index in [2.05, 4.69) is 21.8 Å². The molecule has 3 N–H and O–H groups in total. The lowest BCUT2D eigenvalue weighted by molar-refractivity contribution is 0.350. The van der Waals surface area contributed by atoms with Gasteiger partial charge in [-0.1, -0.05) is 5.92 Å². The van der Waals surface area contributed by atoms with Crippen LogP contribution in [0, 0.1) is 11.8 Å². The lowest BCUT2D eigenvalue weighted by atomic mass is 10.4. The van der Waals surface area contributed by atoms with E-state index in [1.165, 1.54) is 6.20 Å². The number of nitrogens with zero attached hydrogens (tertiary/aromatic N) is 2. The third-order valence-electron chi connectivity index (χ3n) is 0.970. The van der Waals surface area contributed by atoms with Crippen LogP contribution in [-0.4, -0.2) is 21.7 Å². The smallest absolute Gasteiger partial charge is 0.221 e. The molecule has 1 aromatic heterocycles. The number of nitrogen functional groups attached to an aromatic ring is 1. The Bertz CT molecular complexity index is 300. The Kier molecular flexibility index (Phi) is 2.42. The fourth-order valence-electron chi connectivity index (χ4n) is 0.573. The highest BCUT2D eigenvalue weighted by molar-refractivity contribution is 5.30. The molecular weight excluding hydrogens is 142 g/mol. The van der Waals surface area contributed by atoms with Gasteiger partial charge >= 0.3 is 0 Å². The first-order chi connectivity index (χ1) is 5.33. The van der Waals surface area contributed by atoms with Gasteiger partial charge in [-0.3, -0.25) is 0 Å². The molecule has 0 aromatic carbocycles. The quantitative estimate of drug-likeness (QED) is 0.483. The normalized spacial score (nSPS) is 8.45. The molecule has 0 saturated carbocycles. The van der Waals surface area contributed by atoms with Crippen LogP contribution in [0.5, 0.6) is 0 Å². The van der Waals surface area contributed by atoms with Crippen molar-refractivity contribution >= 4 is 5.95 Å². The van der Waals surface area contributed by atoms with Crippen LogP contribution in [0.3, 0.4) is 0 Å². The van der Waals surface area contributed by atoms with Crippen LogP contribution < -0.4 is 5.73 Å². The SMILES string of the molecule is Nc1nccc(C#CCO)n1. The van der Waals surface area contributed by atoms with E-state index >= 15 is 0 Å². The van der Waals surface area contributed by atoms with Crippen molar-refractivity contribution in [1.82, 2.24) is 9.97 Å². The largest absolute Gasteiger partial charge is 0.384 e. The summed E-state index contributed by atoms with van der Waals surface area (Å²) in [6.07, 6.45) is 1.52. The van der Waals surface area contributed by atoms with Crippen molar-refractivity contribution < 1.29 is 5.11 Å². The highest BCUT2D eigenvalue weighted by Crippen LogP contribution is 1.92. The van der Waals surface area contributed by atoms with Crippen molar-refractivity contribution in [1.29, 1.82) is 0 Å². The molecule has 4 heteroatoms. The fraction of sp³-hybridized carbons (Fsp3) is 0.143. The minimum absolute atomic E-state index is 0.177. The number of nitrogens with two attached hydrogens (primary N) is 1. The third-order valence-corrected chi connectivity index (χ3v) is 0.970. The predicted molar refractivity (Wildman–Crippen MR) is 40.4 cm³/mol. The molecule has 0 spiro atoms. The summed E-state index contributed by atoms with van der Waals surface area (Å²) in [6.45, 7) is -0.177. The maximum absolute atomic E-state index is 8.35. The molecule has 0 aliphatic carbocycles. The minimum Gasteiger partial charge on any atom is -0.384 e. The third kappa shape index (κ3) is 2.24. The van der Waals surface area contributed by atoms with E-state index in [-0.39, 0.29) is 12.6 Å². The Morgan fingerprint density at radius 1 is 1.64 bits per heavy atom. The first kappa shape index (κ1) is 7.51. The molecule has 0 radical (unpaired) electrons. The van der Waals surface area contributed by atoms with Crippen LogP contribution in [-0.2, 0) is 0 Å². The molecule has 0 atom stereocenters. The van der Waals surface area contributed by atoms with Crippen molar-refractivity contribution in [2.45, 2.75) is 0 Å². The summed E-state index contributed by atoms with van der Waals surface area (Å²) in [6, 6.07) is 1.62. The van der Waals surface area contributed by atoms with Gasteiger partial charge in [-0.25, -0.2) is 9.97 Å². The standard InChI is InChI=1S/C7H7N3O/c8-7-9-4-3-6(10-7)2-1-5-11/h3-4,11H,5H2,(H2,8,9,10). The van der Waals surface area contributed by atoms with Gasteiger partial charge in [0.15, 0.2) is 0 Å². The van der Waals surface area contributed by atoms with Gasteiger partial charge in [0.25, 0.3) is 0 Å². The van der Waals surface area contributed by atoms with Gasteiger partial charge in [-0.05, 0) is 12.0 Å². The molecule has 0 fully saturated rings. The van der Waals surface area contributed by atoms with Crippen LogP contribution in [0.25, 0.3) is 0 Å². The highest BCUT2D eigenvalue weighted by atomic mass is 16.2. The molecular formula is C7H7N3O. The van der Waals surface area contributed by atoms with E-state index in [0.717, 1.165) is 0 Å². The molecule has 1 aromatic rings. The van der Waals surface area contributed by atoms with E-state index in [0.29, 0.717) is 5.69 Å². The number of aliphatic hydroxyl groups excluding tert-OH is 1. The summed E-state index contributed by atoms with van der Waals surface area (Å²) in [7, 11) is 0. The molecule has 0 aliphatic rings. The minimum atomic E-state index is -0.177. The van der Waals surface area contributed by atoms with Crippen LogP contribution in [0.1, 0.15) is 5.69 Å². The second kappa shape index (κ2) is 3.54. The summed E-state index contributed by atoms with van der Waals surface area (Å²) in [5, 5.41) is 8.35. The van der Waals surface area contributed by atoms with Gasteiger partial charge in [-0.15, -0.1) is 0 Å². The van der Waals surface area contributed by atoms with E-state index in [4.69, 9.17) is 10.8 Å². The van der Waals surface area contributed by atoms with Crippen molar-refractivity contribution in [2.24, 2.45) is 0 Å². The molecule has 1 rings (SSSR count). The monoisotopic (exact) mass is 149 g/mol. The highest BCUT2D eigenvalue weighted by Gasteiger charge is 1.88. The van der Waals surface area contributed by atoms with E-state index in [1.54, 1.807) is 6.07 Å².